The fraction of sp³-hybridized carbons (Fsp3) is 0.308. The first kappa shape index (κ1) is 12.8. The molecule has 1 saturated heterocycles. The van der Waals surface area contributed by atoms with Gasteiger partial charge in [0.2, 0.25) is 5.91 Å². The molecule has 1 amide bonds. The minimum atomic E-state index is -0.444. The van der Waals surface area contributed by atoms with Gasteiger partial charge in [0.15, 0.2) is 0 Å². The van der Waals surface area contributed by atoms with Crippen LogP contribution in [0, 0.1) is 0 Å². The van der Waals surface area contributed by atoms with Crippen LogP contribution in [0.3, 0.4) is 0 Å². The van der Waals surface area contributed by atoms with Gasteiger partial charge in [-0.3, -0.25) is 4.79 Å². The van der Waals surface area contributed by atoms with Gasteiger partial charge in [-0.05, 0) is 30.7 Å². The Bertz CT molecular complexity index is 581. The Hall–Kier alpha value is -2.25. The van der Waals surface area contributed by atoms with E-state index >= 15 is 0 Å². The number of carbonyl (C=O) groups excluding carboxylic acids is 1. The Labute approximate surface area is 115 Å². The van der Waals surface area contributed by atoms with E-state index in [0.29, 0.717) is 18.7 Å². The summed E-state index contributed by atoms with van der Waals surface area (Å²) in [6, 6.07) is 6.98. The van der Waals surface area contributed by atoms with Gasteiger partial charge in [0.1, 0.15) is 12.7 Å². The average Bonchev–Trinajstić information content (AvgIpc) is 3.10. The van der Waals surface area contributed by atoms with Gasteiger partial charge >= 0.3 is 0 Å². The number of nitrogens with one attached hydrogen (secondary N) is 2. The van der Waals surface area contributed by atoms with Crippen molar-refractivity contribution >= 4 is 11.6 Å². The predicted molar refractivity (Wildman–Crippen MR) is 72.4 cm³/mol. The third-order valence-electron chi connectivity index (χ3n) is 3.24. The maximum atomic E-state index is 12.0. The summed E-state index contributed by atoms with van der Waals surface area (Å²) < 4.78 is 1.64. The topological polar surface area (TPSA) is 92.1 Å². The first-order chi connectivity index (χ1) is 9.72. The third-order valence-corrected chi connectivity index (χ3v) is 3.24. The molecule has 20 heavy (non-hydrogen) atoms. The molecule has 1 aliphatic rings. The van der Waals surface area contributed by atoms with E-state index in [2.05, 4.69) is 20.7 Å². The minimum Gasteiger partial charge on any atom is -0.392 e. The first-order valence-electron chi connectivity index (χ1n) is 6.40. The third kappa shape index (κ3) is 2.68. The number of nitrogens with zero attached hydrogens (tertiary/aromatic N) is 3. The van der Waals surface area contributed by atoms with Crippen molar-refractivity contribution in [2.45, 2.75) is 18.6 Å². The van der Waals surface area contributed by atoms with Crippen molar-refractivity contribution in [3.05, 3.63) is 36.9 Å². The lowest BCUT2D eigenvalue weighted by Crippen LogP contribution is -2.35. The van der Waals surface area contributed by atoms with Crippen LogP contribution in [0.1, 0.15) is 6.42 Å². The number of rotatable bonds is 3. The van der Waals surface area contributed by atoms with Crippen LogP contribution >= 0.6 is 0 Å². The quantitative estimate of drug-likeness (QED) is 0.728. The summed E-state index contributed by atoms with van der Waals surface area (Å²) in [5.41, 5.74) is 1.58. The minimum absolute atomic E-state index is 0.130. The van der Waals surface area contributed by atoms with Crippen LogP contribution in [0.4, 0.5) is 5.69 Å². The average molecular weight is 273 g/mol. The Balaban J connectivity index is 1.65. The van der Waals surface area contributed by atoms with Crippen molar-refractivity contribution in [3.63, 3.8) is 0 Å². The van der Waals surface area contributed by atoms with Crippen LogP contribution in [0.15, 0.2) is 36.9 Å². The van der Waals surface area contributed by atoms with Crippen molar-refractivity contribution < 1.29 is 9.90 Å². The second-order valence-corrected chi connectivity index (χ2v) is 4.73. The lowest BCUT2D eigenvalue weighted by Gasteiger charge is -2.11. The van der Waals surface area contributed by atoms with Gasteiger partial charge in [0, 0.05) is 12.2 Å². The zero-order chi connectivity index (χ0) is 13.9. The molecule has 0 radical (unpaired) electrons. The maximum Gasteiger partial charge on any atom is 0.241 e. The van der Waals surface area contributed by atoms with Crippen molar-refractivity contribution in [3.8, 4) is 5.69 Å². The van der Waals surface area contributed by atoms with E-state index in [1.54, 1.807) is 23.1 Å². The van der Waals surface area contributed by atoms with E-state index in [9.17, 15) is 9.90 Å². The number of aliphatic hydroxyl groups is 1. The predicted octanol–water partition coefficient (Wildman–Crippen LogP) is -0.0714. The summed E-state index contributed by atoms with van der Waals surface area (Å²) in [5.74, 6) is -0.130. The molecule has 1 aromatic carbocycles. The van der Waals surface area contributed by atoms with Gasteiger partial charge < -0.3 is 15.7 Å². The molecule has 7 heteroatoms. The molecule has 0 spiro atoms. The summed E-state index contributed by atoms with van der Waals surface area (Å²) in [4.78, 5) is 15.8. The Morgan fingerprint density at radius 2 is 2.20 bits per heavy atom. The van der Waals surface area contributed by atoms with E-state index in [-0.39, 0.29) is 11.9 Å². The molecule has 3 rings (SSSR count). The van der Waals surface area contributed by atoms with E-state index in [0.717, 1.165) is 5.69 Å². The van der Waals surface area contributed by atoms with Crippen LogP contribution < -0.4 is 10.6 Å². The molecular formula is C13H15N5O2. The fourth-order valence-corrected chi connectivity index (χ4v) is 2.19. The highest BCUT2D eigenvalue weighted by molar-refractivity contribution is 5.95. The van der Waals surface area contributed by atoms with Gasteiger partial charge in [-0.15, -0.1) is 0 Å². The molecule has 1 aromatic heterocycles. The van der Waals surface area contributed by atoms with Gasteiger partial charge in [-0.1, -0.05) is 0 Å². The van der Waals surface area contributed by atoms with E-state index in [4.69, 9.17) is 0 Å². The van der Waals surface area contributed by atoms with Crippen molar-refractivity contribution in [1.82, 2.24) is 20.1 Å². The summed E-state index contributed by atoms with van der Waals surface area (Å²) in [6.07, 6.45) is 3.08. The molecule has 0 saturated carbocycles. The molecule has 7 nitrogen and oxygen atoms in total. The standard InChI is InChI=1S/C13H15N5O2/c19-11-5-12(15-6-11)13(20)17-9-1-3-10(4-2-9)18-8-14-7-16-18/h1-4,7-8,11-12,15,19H,5-6H2,(H,17,20). The Kier molecular flexibility index (Phi) is 3.44. The molecule has 2 aromatic rings. The highest BCUT2D eigenvalue weighted by Gasteiger charge is 2.27. The first-order valence-corrected chi connectivity index (χ1v) is 6.40. The van der Waals surface area contributed by atoms with E-state index < -0.39 is 6.10 Å². The highest BCUT2D eigenvalue weighted by Crippen LogP contribution is 2.14. The molecular weight excluding hydrogens is 258 g/mol. The molecule has 2 unspecified atom stereocenters. The molecule has 0 bridgehead atoms. The van der Waals surface area contributed by atoms with Gasteiger partial charge in [0.05, 0.1) is 17.8 Å². The number of anilines is 1. The van der Waals surface area contributed by atoms with Crippen LogP contribution in [-0.2, 0) is 4.79 Å². The Morgan fingerprint density at radius 1 is 1.40 bits per heavy atom. The number of hydrogen-bond donors (Lipinski definition) is 3. The fourth-order valence-electron chi connectivity index (χ4n) is 2.19. The van der Waals surface area contributed by atoms with Crippen LogP contribution in [0.5, 0.6) is 0 Å². The van der Waals surface area contributed by atoms with E-state index in [1.807, 2.05) is 12.1 Å². The molecule has 2 atom stereocenters. The monoisotopic (exact) mass is 273 g/mol. The van der Waals surface area contributed by atoms with Gasteiger partial charge in [0.25, 0.3) is 0 Å². The van der Waals surface area contributed by atoms with Crippen molar-refractivity contribution in [1.29, 1.82) is 0 Å². The zero-order valence-corrected chi connectivity index (χ0v) is 10.7. The molecule has 1 aliphatic heterocycles. The summed E-state index contributed by atoms with van der Waals surface area (Å²) in [7, 11) is 0. The normalized spacial score (nSPS) is 21.9. The Morgan fingerprint density at radius 3 is 2.80 bits per heavy atom. The molecule has 0 aliphatic carbocycles. The zero-order valence-electron chi connectivity index (χ0n) is 10.7. The molecule has 104 valence electrons. The van der Waals surface area contributed by atoms with E-state index in [1.165, 1.54) is 6.33 Å². The summed E-state index contributed by atoms with van der Waals surface area (Å²) in [6.45, 7) is 0.462. The number of benzene rings is 1. The second kappa shape index (κ2) is 5.40. The second-order valence-electron chi connectivity index (χ2n) is 4.73. The maximum absolute atomic E-state index is 12.0. The van der Waals surface area contributed by atoms with Crippen LogP contribution in [0.25, 0.3) is 5.69 Å². The number of carbonyl (C=O) groups is 1. The summed E-state index contributed by atoms with van der Waals surface area (Å²) in [5, 5.41) is 19.2. The summed E-state index contributed by atoms with van der Waals surface area (Å²) >= 11 is 0. The molecule has 2 heterocycles. The molecule has 3 N–H and O–H groups in total. The number of amides is 1. The van der Waals surface area contributed by atoms with Gasteiger partial charge in [-0.25, -0.2) is 9.67 Å². The largest absolute Gasteiger partial charge is 0.392 e. The smallest absolute Gasteiger partial charge is 0.241 e. The number of β-amino-alcohol motifs (C(OH)–C–C–N with tert-alkyl or cyclic N) is 1. The van der Waals surface area contributed by atoms with Crippen molar-refractivity contribution in [2.24, 2.45) is 0 Å². The number of hydrogen-bond acceptors (Lipinski definition) is 5. The SMILES string of the molecule is O=C(Nc1ccc(-n2cncn2)cc1)C1CC(O)CN1. The lowest BCUT2D eigenvalue weighted by atomic mass is 10.2. The number of aromatic nitrogens is 3. The number of aliphatic hydroxyl groups excluding tert-OH is 1. The van der Waals surface area contributed by atoms with Crippen molar-refractivity contribution in [2.75, 3.05) is 11.9 Å². The van der Waals surface area contributed by atoms with Crippen LogP contribution in [-0.4, -0.2) is 44.5 Å². The molecule has 1 fully saturated rings. The van der Waals surface area contributed by atoms with Crippen LogP contribution in [0.2, 0.25) is 0 Å². The van der Waals surface area contributed by atoms with Gasteiger partial charge in [-0.2, -0.15) is 5.10 Å². The lowest BCUT2D eigenvalue weighted by molar-refractivity contribution is -0.117. The highest BCUT2D eigenvalue weighted by atomic mass is 16.3.